The Bertz CT molecular complexity index is 545. The Morgan fingerprint density at radius 2 is 2.29 bits per heavy atom. The highest BCUT2D eigenvalue weighted by Gasteiger charge is 2.20. The zero-order chi connectivity index (χ0) is 12.5. The van der Waals surface area contributed by atoms with E-state index >= 15 is 0 Å². The zero-order valence-corrected chi connectivity index (χ0v) is 9.84. The van der Waals surface area contributed by atoms with Gasteiger partial charge >= 0.3 is 0 Å². The van der Waals surface area contributed by atoms with Crippen molar-refractivity contribution >= 4 is 11.6 Å². The van der Waals surface area contributed by atoms with E-state index in [0.717, 1.165) is 5.65 Å². The third-order valence-corrected chi connectivity index (χ3v) is 2.50. The summed E-state index contributed by atoms with van der Waals surface area (Å²) < 4.78 is 1.78. The predicted octanol–water partition coefficient (Wildman–Crippen LogP) is 0.835. The number of imidazole rings is 1. The number of aliphatic hydroxyl groups excluding tert-OH is 1. The van der Waals surface area contributed by atoms with Crippen molar-refractivity contribution in [3.8, 4) is 0 Å². The van der Waals surface area contributed by atoms with Crippen LogP contribution in [0.3, 0.4) is 0 Å². The summed E-state index contributed by atoms with van der Waals surface area (Å²) in [6, 6.07) is 3.49. The number of amides is 1. The van der Waals surface area contributed by atoms with E-state index in [0.29, 0.717) is 5.56 Å². The molecule has 17 heavy (non-hydrogen) atoms. The summed E-state index contributed by atoms with van der Waals surface area (Å²) in [6.07, 6.45) is 5.17. The van der Waals surface area contributed by atoms with Crippen LogP contribution in [-0.4, -0.2) is 32.5 Å². The van der Waals surface area contributed by atoms with Gasteiger partial charge in [-0.05, 0) is 26.0 Å². The smallest absolute Gasteiger partial charge is 0.253 e. The average molecular weight is 233 g/mol. The number of rotatable bonds is 3. The molecule has 0 atom stereocenters. The first-order chi connectivity index (χ1) is 8.02. The summed E-state index contributed by atoms with van der Waals surface area (Å²) in [5.41, 5.74) is 0.709. The van der Waals surface area contributed by atoms with Gasteiger partial charge in [-0.25, -0.2) is 4.98 Å². The molecule has 0 fully saturated rings. The van der Waals surface area contributed by atoms with Crippen LogP contribution in [0.15, 0.2) is 30.7 Å². The monoisotopic (exact) mass is 233 g/mol. The summed E-state index contributed by atoms with van der Waals surface area (Å²) in [5.74, 6) is -0.209. The van der Waals surface area contributed by atoms with Crippen LogP contribution in [0.1, 0.15) is 24.2 Å². The fourth-order valence-corrected chi connectivity index (χ4v) is 1.47. The Balaban J connectivity index is 2.24. The molecule has 2 aromatic rings. The number of fused-ring (bicyclic) bond motifs is 1. The second-order valence-electron chi connectivity index (χ2n) is 4.61. The molecular formula is C12H15N3O2. The number of aliphatic hydroxyl groups is 1. The first kappa shape index (κ1) is 11.6. The van der Waals surface area contributed by atoms with Gasteiger partial charge in [-0.2, -0.15) is 0 Å². The maximum Gasteiger partial charge on any atom is 0.253 e. The Kier molecular flexibility index (Phi) is 2.85. The van der Waals surface area contributed by atoms with Crippen molar-refractivity contribution in [3.05, 3.63) is 36.3 Å². The number of carbonyl (C=O) groups is 1. The second kappa shape index (κ2) is 4.18. The molecule has 0 spiro atoms. The SMILES string of the molecule is CC(C)(CO)NC(=O)c1ccc2nccn2c1. The van der Waals surface area contributed by atoms with Gasteiger partial charge in [0.15, 0.2) is 0 Å². The number of nitrogens with one attached hydrogen (secondary N) is 1. The fraction of sp³-hybridized carbons (Fsp3) is 0.333. The van der Waals surface area contributed by atoms with Gasteiger partial charge in [-0.15, -0.1) is 0 Å². The Hall–Kier alpha value is -1.88. The molecule has 5 nitrogen and oxygen atoms in total. The van der Waals surface area contributed by atoms with E-state index in [4.69, 9.17) is 5.11 Å². The number of pyridine rings is 1. The van der Waals surface area contributed by atoms with Crippen LogP contribution in [-0.2, 0) is 0 Å². The maximum atomic E-state index is 11.9. The first-order valence-electron chi connectivity index (χ1n) is 5.38. The number of hydrogen-bond donors (Lipinski definition) is 2. The van der Waals surface area contributed by atoms with Crippen LogP contribution in [0.2, 0.25) is 0 Å². The van der Waals surface area contributed by atoms with Crippen molar-refractivity contribution in [1.82, 2.24) is 14.7 Å². The Morgan fingerprint density at radius 1 is 1.53 bits per heavy atom. The minimum atomic E-state index is -0.624. The molecule has 0 saturated heterocycles. The molecule has 0 saturated carbocycles. The summed E-state index contributed by atoms with van der Waals surface area (Å²) >= 11 is 0. The summed E-state index contributed by atoms with van der Waals surface area (Å²) in [6.45, 7) is 3.42. The minimum Gasteiger partial charge on any atom is -0.394 e. The first-order valence-corrected chi connectivity index (χ1v) is 5.38. The molecule has 0 aliphatic heterocycles. The van der Waals surface area contributed by atoms with Gasteiger partial charge in [0.25, 0.3) is 5.91 Å². The molecule has 0 aliphatic carbocycles. The molecular weight excluding hydrogens is 218 g/mol. The zero-order valence-electron chi connectivity index (χ0n) is 9.84. The van der Waals surface area contributed by atoms with Crippen molar-refractivity contribution in [3.63, 3.8) is 0 Å². The maximum absolute atomic E-state index is 11.9. The summed E-state index contributed by atoms with van der Waals surface area (Å²) in [4.78, 5) is 16.0. The lowest BCUT2D eigenvalue weighted by atomic mass is 10.1. The summed E-state index contributed by atoms with van der Waals surface area (Å²) in [5, 5.41) is 11.9. The second-order valence-corrected chi connectivity index (χ2v) is 4.61. The van der Waals surface area contributed by atoms with E-state index in [1.54, 1.807) is 49.0 Å². The lowest BCUT2D eigenvalue weighted by Crippen LogP contribution is -2.46. The fourth-order valence-electron chi connectivity index (χ4n) is 1.47. The molecule has 0 bridgehead atoms. The molecule has 0 aromatic carbocycles. The lowest BCUT2D eigenvalue weighted by molar-refractivity contribution is 0.0869. The van der Waals surface area contributed by atoms with Crippen molar-refractivity contribution in [2.75, 3.05) is 6.61 Å². The quantitative estimate of drug-likeness (QED) is 0.825. The van der Waals surface area contributed by atoms with E-state index in [2.05, 4.69) is 10.3 Å². The van der Waals surface area contributed by atoms with Gasteiger partial charge in [-0.3, -0.25) is 4.79 Å². The van der Waals surface area contributed by atoms with Gasteiger partial charge in [0.1, 0.15) is 5.65 Å². The van der Waals surface area contributed by atoms with Crippen molar-refractivity contribution < 1.29 is 9.90 Å². The topological polar surface area (TPSA) is 66.6 Å². The molecule has 2 rings (SSSR count). The number of hydrogen-bond acceptors (Lipinski definition) is 3. The molecule has 0 unspecified atom stereocenters. The number of nitrogens with zero attached hydrogens (tertiary/aromatic N) is 2. The van der Waals surface area contributed by atoms with E-state index in [-0.39, 0.29) is 12.5 Å². The van der Waals surface area contributed by atoms with Crippen LogP contribution in [0.4, 0.5) is 0 Å². The highest BCUT2D eigenvalue weighted by molar-refractivity contribution is 5.94. The third kappa shape index (κ3) is 2.45. The normalized spacial score (nSPS) is 11.7. The Labute approximate surface area is 99.1 Å². The predicted molar refractivity (Wildman–Crippen MR) is 63.8 cm³/mol. The van der Waals surface area contributed by atoms with Crippen LogP contribution >= 0.6 is 0 Å². The van der Waals surface area contributed by atoms with Crippen molar-refractivity contribution in [2.24, 2.45) is 0 Å². The Morgan fingerprint density at radius 3 is 3.00 bits per heavy atom. The van der Waals surface area contributed by atoms with Crippen LogP contribution in [0.5, 0.6) is 0 Å². The molecule has 5 heteroatoms. The lowest BCUT2D eigenvalue weighted by Gasteiger charge is -2.23. The van der Waals surface area contributed by atoms with Crippen LogP contribution in [0, 0.1) is 0 Å². The van der Waals surface area contributed by atoms with Gasteiger partial charge in [0.05, 0.1) is 17.7 Å². The van der Waals surface area contributed by atoms with E-state index in [9.17, 15) is 4.79 Å². The third-order valence-electron chi connectivity index (χ3n) is 2.50. The van der Waals surface area contributed by atoms with E-state index < -0.39 is 5.54 Å². The van der Waals surface area contributed by atoms with E-state index in [1.165, 1.54) is 0 Å². The van der Waals surface area contributed by atoms with Gasteiger partial charge in [-0.1, -0.05) is 0 Å². The van der Waals surface area contributed by atoms with E-state index in [1.807, 2.05) is 0 Å². The van der Waals surface area contributed by atoms with Crippen LogP contribution < -0.4 is 5.32 Å². The van der Waals surface area contributed by atoms with Gasteiger partial charge < -0.3 is 14.8 Å². The molecule has 2 aromatic heterocycles. The molecule has 0 aliphatic rings. The number of aromatic nitrogens is 2. The molecule has 2 N–H and O–H groups in total. The average Bonchev–Trinajstić information content (AvgIpc) is 2.75. The van der Waals surface area contributed by atoms with Crippen LogP contribution in [0.25, 0.3) is 5.65 Å². The van der Waals surface area contributed by atoms with Crippen molar-refractivity contribution in [2.45, 2.75) is 19.4 Å². The molecule has 1 amide bonds. The highest BCUT2D eigenvalue weighted by Crippen LogP contribution is 2.07. The molecule has 90 valence electrons. The highest BCUT2D eigenvalue weighted by atomic mass is 16.3. The molecule has 0 radical (unpaired) electrons. The largest absolute Gasteiger partial charge is 0.394 e. The van der Waals surface area contributed by atoms with Crippen molar-refractivity contribution in [1.29, 1.82) is 0 Å². The number of carbonyl (C=O) groups excluding carboxylic acids is 1. The van der Waals surface area contributed by atoms with Gasteiger partial charge in [0, 0.05) is 18.6 Å². The standard InChI is InChI=1S/C12H15N3O2/c1-12(2,8-16)14-11(17)9-3-4-10-13-5-6-15(10)7-9/h3-7,16H,8H2,1-2H3,(H,14,17). The molecule has 2 heterocycles. The summed E-state index contributed by atoms with van der Waals surface area (Å²) in [7, 11) is 0. The minimum absolute atomic E-state index is 0.105. The van der Waals surface area contributed by atoms with Gasteiger partial charge in [0.2, 0.25) is 0 Å².